The monoisotopic (exact) mass is 306 g/mol. The third-order valence-corrected chi connectivity index (χ3v) is 3.14. The van der Waals surface area contributed by atoms with E-state index in [0.717, 1.165) is 5.56 Å². The number of hydrogen-bond donors (Lipinski definition) is 2. The Balaban J connectivity index is 2.37. The van der Waals surface area contributed by atoms with E-state index in [1.165, 1.54) is 24.3 Å². The van der Waals surface area contributed by atoms with E-state index in [9.17, 15) is 14.9 Å². The summed E-state index contributed by atoms with van der Waals surface area (Å²) in [4.78, 5) is 21.4. The smallest absolute Gasteiger partial charge is 0.337 e. The number of benzene rings is 2. The summed E-state index contributed by atoms with van der Waals surface area (Å²) in [7, 11) is 0. The van der Waals surface area contributed by atoms with Gasteiger partial charge in [-0.3, -0.25) is 10.1 Å². The van der Waals surface area contributed by atoms with Crippen LogP contribution in [0.2, 0.25) is 5.02 Å². The molecule has 0 saturated carbocycles. The number of carboxylic acid groups (broad SMARTS) is 1. The lowest BCUT2D eigenvalue weighted by atomic mass is 10.1. The number of aryl methyl sites for hydroxylation is 1. The van der Waals surface area contributed by atoms with Crippen molar-refractivity contribution in [3.8, 4) is 0 Å². The number of nitrogens with zero attached hydrogens (tertiary/aromatic N) is 1. The molecular formula is C14H11ClN2O4. The summed E-state index contributed by atoms with van der Waals surface area (Å²) in [5, 5.41) is 22.9. The first-order valence-electron chi connectivity index (χ1n) is 5.93. The quantitative estimate of drug-likeness (QED) is 0.658. The first kappa shape index (κ1) is 14.8. The number of aromatic carboxylic acids is 1. The number of rotatable bonds is 4. The first-order valence-corrected chi connectivity index (χ1v) is 6.31. The fraction of sp³-hybridized carbons (Fsp3) is 0.0714. The standard InChI is InChI=1S/C14H11ClN2O4/c1-8-2-5-12(13(6-8)17(20)21)16-9-3-4-10(14(18)19)11(15)7-9/h2-7,16H,1H3,(H,18,19). The summed E-state index contributed by atoms with van der Waals surface area (Å²) in [6, 6.07) is 9.03. The summed E-state index contributed by atoms with van der Waals surface area (Å²) in [5.41, 5.74) is 1.46. The van der Waals surface area contributed by atoms with E-state index in [1.807, 2.05) is 0 Å². The van der Waals surface area contributed by atoms with Crippen LogP contribution in [0.4, 0.5) is 17.1 Å². The number of anilines is 2. The SMILES string of the molecule is Cc1ccc(Nc2ccc(C(=O)O)c(Cl)c2)c([N+](=O)[O-])c1. The van der Waals surface area contributed by atoms with Gasteiger partial charge in [0.1, 0.15) is 5.69 Å². The van der Waals surface area contributed by atoms with Gasteiger partial charge in [-0.15, -0.1) is 0 Å². The van der Waals surface area contributed by atoms with Crippen LogP contribution in [0.1, 0.15) is 15.9 Å². The average molecular weight is 307 g/mol. The third-order valence-electron chi connectivity index (χ3n) is 2.83. The molecule has 21 heavy (non-hydrogen) atoms. The van der Waals surface area contributed by atoms with Crippen molar-refractivity contribution in [3.05, 3.63) is 62.7 Å². The zero-order valence-electron chi connectivity index (χ0n) is 11.0. The fourth-order valence-corrected chi connectivity index (χ4v) is 2.08. The minimum absolute atomic E-state index is 0.0272. The van der Waals surface area contributed by atoms with Crippen LogP contribution >= 0.6 is 11.6 Å². The summed E-state index contributed by atoms with van der Waals surface area (Å²) in [6.07, 6.45) is 0. The molecule has 0 heterocycles. The van der Waals surface area contributed by atoms with Gasteiger partial charge in [0, 0.05) is 11.8 Å². The largest absolute Gasteiger partial charge is 0.478 e. The molecule has 6 nitrogen and oxygen atoms in total. The lowest BCUT2D eigenvalue weighted by molar-refractivity contribution is -0.384. The van der Waals surface area contributed by atoms with Crippen molar-refractivity contribution in [1.82, 2.24) is 0 Å². The van der Waals surface area contributed by atoms with E-state index in [-0.39, 0.29) is 16.3 Å². The highest BCUT2D eigenvalue weighted by Gasteiger charge is 2.15. The van der Waals surface area contributed by atoms with Crippen LogP contribution < -0.4 is 5.32 Å². The Bertz CT molecular complexity index is 731. The second-order valence-electron chi connectivity index (χ2n) is 4.40. The predicted octanol–water partition coefficient (Wildman–Crippen LogP) is 4.00. The van der Waals surface area contributed by atoms with Gasteiger partial charge in [-0.1, -0.05) is 17.7 Å². The second kappa shape index (κ2) is 5.80. The minimum Gasteiger partial charge on any atom is -0.478 e. The number of nitro benzene ring substituents is 1. The lowest BCUT2D eigenvalue weighted by Gasteiger charge is -2.09. The molecule has 0 aliphatic carbocycles. The molecule has 0 fully saturated rings. The first-order chi connectivity index (χ1) is 9.88. The van der Waals surface area contributed by atoms with Gasteiger partial charge in [-0.25, -0.2) is 4.79 Å². The molecule has 0 amide bonds. The van der Waals surface area contributed by atoms with Crippen LogP contribution in [0.5, 0.6) is 0 Å². The fourth-order valence-electron chi connectivity index (χ4n) is 1.82. The zero-order valence-corrected chi connectivity index (χ0v) is 11.7. The van der Waals surface area contributed by atoms with Gasteiger partial charge in [0.2, 0.25) is 0 Å². The highest BCUT2D eigenvalue weighted by atomic mass is 35.5. The Morgan fingerprint density at radius 2 is 2.00 bits per heavy atom. The Morgan fingerprint density at radius 1 is 1.29 bits per heavy atom. The van der Waals surface area contributed by atoms with Gasteiger partial charge in [0.15, 0.2) is 0 Å². The molecule has 0 spiro atoms. The van der Waals surface area contributed by atoms with Crippen molar-refractivity contribution >= 4 is 34.6 Å². The van der Waals surface area contributed by atoms with Gasteiger partial charge >= 0.3 is 5.97 Å². The van der Waals surface area contributed by atoms with Crippen molar-refractivity contribution in [1.29, 1.82) is 0 Å². The molecule has 0 aliphatic heterocycles. The van der Waals surface area contributed by atoms with Crippen molar-refractivity contribution in [2.24, 2.45) is 0 Å². The lowest BCUT2D eigenvalue weighted by Crippen LogP contribution is -2.00. The van der Waals surface area contributed by atoms with Gasteiger partial charge in [0.05, 0.1) is 15.5 Å². The average Bonchev–Trinajstić information content (AvgIpc) is 2.40. The topological polar surface area (TPSA) is 92.5 Å². The van der Waals surface area contributed by atoms with Gasteiger partial charge in [-0.05, 0) is 36.8 Å². The van der Waals surface area contributed by atoms with Crippen LogP contribution in [0, 0.1) is 17.0 Å². The molecule has 0 aromatic heterocycles. The van der Waals surface area contributed by atoms with E-state index in [2.05, 4.69) is 5.32 Å². The molecule has 2 aromatic rings. The summed E-state index contributed by atoms with van der Waals surface area (Å²) < 4.78 is 0. The number of halogens is 1. The van der Waals surface area contributed by atoms with Crippen LogP contribution in [0.3, 0.4) is 0 Å². The molecule has 0 atom stereocenters. The number of nitrogens with one attached hydrogen (secondary N) is 1. The molecule has 2 rings (SSSR count). The zero-order chi connectivity index (χ0) is 15.6. The van der Waals surface area contributed by atoms with Gasteiger partial charge in [0.25, 0.3) is 5.69 Å². The number of nitro groups is 1. The highest BCUT2D eigenvalue weighted by Crippen LogP contribution is 2.30. The maximum atomic E-state index is 11.0. The molecule has 2 aromatic carbocycles. The van der Waals surface area contributed by atoms with Crippen molar-refractivity contribution in [2.45, 2.75) is 6.92 Å². The van der Waals surface area contributed by atoms with E-state index < -0.39 is 10.9 Å². The summed E-state index contributed by atoms with van der Waals surface area (Å²) >= 11 is 5.86. The Labute approximate surface area is 125 Å². The summed E-state index contributed by atoms with van der Waals surface area (Å²) in [5.74, 6) is -1.13. The molecule has 0 radical (unpaired) electrons. The molecule has 0 aliphatic rings. The number of carboxylic acids is 1. The van der Waals surface area contributed by atoms with Crippen LogP contribution in [-0.4, -0.2) is 16.0 Å². The van der Waals surface area contributed by atoms with Crippen LogP contribution in [0.15, 0.2) is 36.4 Å². The molecule has 0 unspecified atom stereocenters. The van der Waals surface area contributed by atoms with Crippen LogP contribution in [0.25, 0.3) is 0 Å². The Hall–Kier alpha value is -2.60. The molecule has 2 N–H and O–H groups in total. The van der Waals surface area contributed by atoms with E-state index in [1.54, 1.807) is 19.1 Å². The Morgan fingerprint density at radius 3 is 2.57 bits per heavy atom. The van der Waals surface area contributed by atoms with Crippen molar-refractivity contribution in [2.75, 3.05) is 5.32 Å². The summed E-state index contributed by atoms with van der Waals surface area (Å²) in [6.45, 7) is 1.76. The maximum Gasteiger partial charge on any atom is 0.337 e. The molecule has 7 heteroatoms. The number of hydrogen-bond acceptors (Lipinski definition) is 4. The molecule has 0 bridgehead atoms. The van der Waals surface area contributed by atoms with Crippen LogP contribution in [-0.2, 0) is 0 Å². The molecule has 108 valence electrons. The highest BCUT2D eigenvalue weighted by molar-refractivity contribution is 6.33. The van der Waals surface area contributed by atoms with E-state index >= 15 is 0 Å². The Kier molecular flexibility index (Phi) is 4.09. The van der Waals surface area contributed by atoms with Gasteiger partial charge < -0.3 is 10.4 Å². The molecular weight excluding hydrogens is 296 g/mol. The third kappa shape index (κ3) is 3.29. The second-order valence-corrected chi connectivity index (χ2v) is 4.81. The van der Waals surface area contributed by atoms with Crippen molar-refractivity contribution in [3.63, 3.8) is 0 Å². The molecule has 0 saturated heterocycles. The number of carbonyl (C=O) groups is 1. The normalized spacial score (nSPS) is 10.2. The maximum absolute atomic E-state index is 11.0. The van der Waals surface area contributed by atoms with E-state index in [4.69, 9.17) is 16.7 Å². The van der Waals surface area contributed by atoms with Crippen molar-refractivity contribution < 1.29 is 14.8 Å². The van der Waals surface area contributed by atoms with E-state index in [0.29, 0.717) is 11.4 Å². The van der Waals surface area contributed by atoms with Gasteiger partial charge in [-0.2, -0.15) is 0 Å². The minimum atomic E-state index is -1.13. The predicted molar refractivity (Wildman–Crippen MR) is 79.5 cm³/mol.